The number of carbonyl (C=O) groups is 1. The Morgan fingerprint density at radius 3 is 2.94 bits per heavy atom. The lowest BCUT2D eigenvalue weighted by atomic mass is 9.94. The van der Waals surface area contributed by atoms with Gasteiger partial charge in [-0.15, -0.1) is 0 Å². The first-order chi connectivity index (χ1) is 8.09. The molecule has 0 spiro atoms. The SMILES string of the molecule is NC(CCC(=O)O)c1c(O)ccc2c1COC2. The number of benzene rings is 1. The second-order valence-electron chi connectivity index (χ2n) is 4.17. The highest BCUT2D eigenvalue weighted by Crippen LogP contribution is 2.35. The number of hydrogen-bond donors (Lipinski definition) is 3. The monoisotopic (exact) mass is 237 g/mol. The zero-order valence-corrected chi connectivity index (χ0v) is 9.35. The van der Waals surface area contributed by atoms with E-state index in [-0.39, 0.29) is 12.2 Å². The molecule has 1 atom stereocenters. The largest absolute Gasteiger partial charge is 0.508 e. The van der Waals surface area contributed by atoms with Crippen molar-refractivity contribution in [2.24, 2.45) is 5.73 Å². The van der Waals surface area contributed by atoms with Gasteiger partial charge in [0.05, 0.1) is 13.2 Å². The molecule has 0 fully saturated rings. The molecule has 5 nitrogen and oxygen atoms in total. The Labute approximate surface area is 98.8 Å². The third-order valence-electron chi connectivity index (χ3n) is 2.98. The summed E-state index contributed by atoms with van der Waals surface area (Å²) in [6, 6.07) is 2.93. The first-order valence-corrected chi connectivity index (χ1v) is 5.48. The van der Waals surface area contributed by atoms with Gasteiger partial charge in [0.2, 0.25) is 0 Å². The second kappa shape index (κ2) is 4.73. The Bertz CT molecular complexity index is 444. The third-order valence-corrected chi connectivity index (χ3v) is 2.98. The lowest BCUT2D eigenvalue weighted by molar-refractivity contribution is -0.137. The van der Waals surface area contributed by atoms with Crippen LogP contribution < -0.4 is 5.73 Å². The summed E-state index contributed by atoms with van der Waals surface area (Å²) in [6.07, 6.45) is 0.296. The highest BCUT2D eigenvalue weighted by Gasteiger charge is 2.22. The maximum Gasteiger partial charge on any atom is 0.303 e. The topological polar surface area (TPSA) is 92.8 Å². The van der Waals surface area contributed by atoms with E-state index in [9.17, 15) is 9.90 Å². The molecular formula is C12H15NO4. The number of phenolic OH excluding ortho intramolecular Hbond substituents is 1. The van der Waals surface area contributed by atoms with Crippen molar-refractivity contribution < 1.29 is 19.7 Å². The number of carboxylic acids is 1. The Morgan fingerprint density at radius 2 is 2.24 bits per heavy atom. The van der Waals surface area contributed by atoms with Gasteiger partial charge in [-0.05, 0) is 23.6 Å². The number of rotatable bonds is 4. The Morgan fingerprint density at radius 1 is 1.47 bits per heavy atom. The van der Waals surface area contributed by atoms with Crippen LogP contribution in [0.1, 0.15) is 35.6 Å². The summed E-state index contributed by atoms with van der Waals surface area (Å²) >= 11 is 0. The summed E-state index contributed by atoms with van der Waals surface area (Å²) in [4.78, 5) is 10.5. The number of carboxylic acid groups (broad SMARTS) is 1. The van der Waals surface area contributed by atoms with Crippen LogP contribution in [0.25, 0.3) is 0 Å². The average molecular weight is 237 g/mol. The van der Waals surface area contributed by atoms with Crippen LogP contribution in [0.3, 0.4) is 0 Å². The third kappa shape index (κ3) is 2.40. The molecule has 92 valence electrons. The Hall–Kier alpha value is -1.59. The Balaban J connectivity index is 2.25. The number of nitrogens with two attached hydrogens (primary N) is 1. The quantitative estimate of drug-likeness (QED) is 0.733. The molecule has 17 heavy (non-hydrogen) atoms. The van der Waals surface area contributed by atoms with Crippen LogP contribution in [-0.4, -0.2) is 16.2 Å². The van der Waals surface area contributed by atoms with Gasteiger partial charge in [0.25, 0.3) is 0 Å². The summed E-state index contributed by atoms with van der Waals surface area (Å²) < 4.78 is 5.30. The van der Waals surface area contributed by atoms with Crippen LogP contribution in [0.2, 0.25) is 0 Å². The van der Waals surface area contributed by atoms with Gasteiger partial charge >= 0.3 is 5.97 Å². The molecule has 1 unspecified atom stereocenters. The zero-order chi connectivity index (χ0) is 12.4. The molecule has 0 amide bonds. The van der Waals surface area contributed by atoms with Gasteiger partial charge in [0.15, 0.2) is 0 Å². The van der Waals surface area contributed by atoms with Gasteiger partial charge in [0, 0.05) is 18.0 Å². The summed E-state index contributed by atoms with van der Waals surface area (Å²) in [7, 11) is 0. The van der Waals surface area contributed by atoms with Crippen molar-refractivity contribution in [2.75, 3.05) is 0 Å². The molecule has 1 aliphatic rings. The van der Waals surface area contributed by atoms with Crippen LogP contribution in [-0.2, 0) is 22.7 Å². The number of phenols is 1. The Kier molecular flexibility index (Phi) is 3.31. The minimum Gasteiger partial charge on any atom is -0.508 e. The maximum absolute atomic E-state index is 10.5. The maximum atomic E-state index is 10.5. The van der Waals surface area contributed by atoms with Crippen LogP contribution >= 0.6 is 0 Å². The molecule has 2 rings (SSSR count). The molecular weight excluding hydrogens is 222 g/mol. The molecule has 0 aliphatic carbocycles. The van der Waals surface area contributed by atoms with E-state index in [4.69, 9.17) is 15.6 Å². The number of aliphatic carboxylic acids is 1. The molecule has 0 aromatic heterocycles. The van der Waals surface area contributed by atoms with Crippen molar-refractivity contribution in [3.8, 4) is 5.75 Å². The van der Waals surface area contributed by atoms with Crippen molar-refractivity contribution >= 4 is 5.97 Å². The lowest BCUT2D eigenvalue weighted by Gasteiger charge is -2.16. The average Bonchev–Trinajstić information content (AvgIpc) is 2.73. The smallest absolute Gasteiger partial charge is 0.303 e. The van der Waals surface area contributed by atoms with E-state index in [1.165, 1.54) is 0 Å². The van der Waals surface area contributed by atoms with Gasteiger partial charge in [-0.2, -0.15) is 0 Å². The van der Waals surface area contributed by atoms with Gasteiger partial charge in [-0.3, -0.25) is 4.79 Å². The van der Waals surface area contributed by atoms with E-state index in [0.29, 0.717) is 25.2 Å². The van der Waals surface area contributed by atoms with Crippen molar-refractivity contribution in [3.05, 3.63) is 28.8 Å². The van der Waals surface area contributed by atoms with E-state index < -0.39 is 12.0 Å². The molecule has 1 heterocycles. The van der Waals surface area contributed by atoms with E-state index >= 15 is 0 Å². The molecule has 1 aromatic carbocycles. The normalized spacial score (nSPS) is 15.6. The summed E-state index contributed by atoms with van der Waals surface area (Å²) in [5.74, 6) is -0.768. The molecule has 0 bridgehead atoms. The highest BCUT2D eigenvalue weighted by atomic mass is 16.5. The fraction of sp³-hybridized carbons (Fsp3) is 0.417. The fourth-order valence-corrected chi connectivity index (χ4v) is 2.10. The van der Waals surface area contributed by atoms with Crippen LogP contribution in [0, 0.1) is 0 Å². The van der Waals surface area contributed by atoms with Gasteiger partial charge in [-0.1, -0.05) is 6.07 Å². The van der Waals surface area contributed by atoms with Crippen molar-refractivity contribution in [1.29, 1.82) is 0 Å². The molecule has 4 N–H and O–H groups in total. The standard InChI is InChI=1S/C12H15NO4/c13-9(2-4-11(15)16)12-8-6-17-5-7(8)1-3-10(12)14/h1,3,9,14H,2,4-6,13H2,(H,15,16). The second-order valence-corrected chi connectivity index (χ2v) is 4.17. The van der Waals surface area contributed by atoms with Crippen LogP contribution in [0.4, 0.5) is 0 Å². The van der Waals surface area contributed by atoms with Gasteiger partial charge in [-0.25, -0.2) is 0 Å². The molecule has 0 saturated heterocycles. The van der Waals surface area contributed by atoms with E-state index in [1.54, 1.807) is 6.07 Å². The number of fused-ring (bicyclic) bond motifs is 1. The first-order valence-electron chi connectivity index (χ1n) is 5.48. The minimum absolute atomic E-state index is 0.00880. The first kappa shape index (κ1) is 11.9. The summed E-state index contributed by atoms with van der Waals surface area (Å²) in [6.45, 7) is 0.952. The molecule has 5 heteroatoms. The predicted octanol–water partition coefficient (Wildman–Crippen LogP) is 1.29. The van der Waals surface area contributed by atoms with E-state index in [0.717, 1.165) is 11.1 Å². The van der Waals surface area contributed by atoms with Crippen molar-refractivity contribution in [2.45, 2.75) is 32.1 Å². The number of aromatic hydroxyl groups is 1. The van der Waals surface area contributed by atoms with Crippen LogP contribution in [0.15, 0.2) is 12.1 Å². The predicted molar refractivity (Wildman–Crippen MR) is 60.4 cm³/mol. The molecule has 0 saturated carbocycles. The molecule has 0 radical (unpaired) electrons. The van der Waals surface area contributed by atoms with Gasteiger partial charge < -0.3 is 20.7 Å². The van der Waals surface area contributed by atoms with Crippen molar-refractivity contribution in [3.63, 3.8) is 0 Å². The van der Waals surface area contributed by atoms with E-state index in [1.807, 2.05) is 6.07 Å². The number of hydrogen-bond acceptors (Lipinski definition) is 4. The summed E-state index contributed by atoms with van der Waals surface area (Å²) in [5.41, 5.74) is 8.49. The molecule has 1 aromatic rings. The van der Waals surface area contributed by atoms with Crippen molar-refractivity contribution in [1.82, 2.24) is 0 Å². The summed E-state index contributed by atoms with van der Waals surface area (Å²) in [5, 5.41) is 18.5. The van der Waals surface area contributed by atoms with Crippen LogP contribution in [0.5, 0.6) is 5.75 Å². The minimum atomic E-state index is -0.885. The highest BCUT2D eigenvalue weighted by molar-refractivity contribution is 5.66. The number of ether oxygens (including phenoxy) is 1. The lowest BCUT2D eigenvalue weighted by Crippen LogP contribution is -2.14. The van der Waals surface area contributed by atoms with E-state index in [2.05, 4.69) is 0 Å². The zero-order valence-electron chi connectivity index (χ0n) is 9.35. The molecule has 1 aliphatic heterocycles. The van der Waals surface area contributed by atoms with Gasteiger partial charge in [0.1, 0.15) is 5.75 Å². The fourth-order valence-electron chi connectivity index (χ4n) is 2.10.